The summed E-state index contributed by atoms with van der Waals surface area (Å²) in [6.45, 7) is 11.0. The van der Waals surface area contributed by atoms with Crippen LogP contribution >= 0.6 is 0 Å². The average Bonchev–Trinajstić information content (AvgIpc) is 2.68. The second kappa shape index (κ2) is 9.93. The molecule has 4 nitrogen and oxygen atoms in total. The first-order valence-electron chi connectivity index (χ1n) is 9.92. The highest BCUT2D eigenvalue weighted by atomic mass is 16.5. The van der Waals surface area contributed by atoms with Gasteiger partial charge in [-0.2, -0.15) is 5.26 Å². The molecule has 0 saturated heterocycles. The Labute approximate surface area is 173 Å². The van der Waals surface area contributed by atoms with Gasteiger partial charge in [-0.05, 0) is 48.6 Å². The maximum atomic E-state index is 12.6. The molecule has 0 heterocycles. The third-order valence-corrected chi connectivity index (χ3v) is 4.44. The zero-order valence-corrected chi connectivity index (χ0v) is 17.9. The van der Waals surface area contributed by atoms with E-state index in [9.17, 15) is 10.1 Å². The van der Waals surface area contributed by atoms with Gasteiger partial charge in [0.05, 0.1) is 6.61 Å². The lowest BCUT2D eigenvalue weighted by Gasteiger charge is -2.22. The molecule has 0 aliphatic carbocycles. The summed E-state index contributed by atoms with van der Waals surface area (Å²) in [6, 6.07) is 14.9. The summed E-state index contributed by atoms with van der Waals surface area (Å²) >= 11 is 0. The van der Waals surface area contributed by atoms with Crippen LogP contribution in [0.4, 0.5) is 0 Å². The second-order valence-electron chi connectivity index (χ2n) is 8.08. The summed E-state index contributed by atoms with van der Waals surface area (Å²) in [4.78, 5) is 12.6. The van der Waals surface area contributed by atoms with Crippen LogP contribution in [0.3, 0.4) is 0 Å². The molecule has 2 rings (SSSR count). The molecule has 2 aromatic rings. The van der Waals surface area contributed by atoms with Gasteiger partial charge in [-0.25, -0.2) is 4.79 Å². The van der Waals surface area contributed by atoms with Crippen LogP contribution < -0.4 is 9.47 Å². The number of benzene rings is 2. The molecular formula is C25H29NO3. The van der Waals surface area contributed by atoms with Crippen LogP contribution in [0.2, 0.25) is 0 Å². The van der Waals surface area contributed by atoms with Crippen LogP contribution in [0.5, 0.6) is 11.5 Å². The summed E-state index contributed by atoms with van der Waals surface area (Å²) in [5.41, 5.74) is 2.52. The number of carbonyl (C=O) groups is 1. The number of hydrogen-bond acceptors (Lipinski definition) is 4. The lowest BCUT2D eigenvalue weighted by molar-refractivity contribution is -0.129. The van der Waals surface area contributed by atoms with E-state index >= 15 is 0 Å². The summed E-state index contributed by atoms with van der Waals surface area (Å²) < 4.78 is 11.2. The number of rotatable bonds is 7. The van der Waals surface area contributed by atoms with Gasteiger partial charge in [0, 0.05) is 5.56 Å². The second-order valence-corrected chi connectivity index (χ2v) is 8.08. The minimum Gasteiger partial charge on any atom is -0.494 e. The normalized spacial score (nSPS) is 11.7. The van der Waals surface area contributed by atoms with Crippen molar-refractivity contribution in [3.63, 3.8) is 0 Å². The largest absolute Gasteiger partial charge is 0.494 e. The molecule has 152 valence electrons. The number of ether oxygens (including phenoxy) is 2. The standard InChI is InChI=1S/C25H29NO3/c1-6-7-14-28-21-11-9-19(10-12-21)16-20(17-26)24(27)29-23-13-8-18(2)15-22(23)25(3,4)5/h8-13,15-16H,6-7,14H2,1-5H3/b20-16+. The van der Waals surface area contributed by atoms with Crippen molar-refractivity contribution >= 4 is 12.0 Å². The quantitative estimate of drug-likeness (QED) is 0.191. The minimum atomic E-state index is -0.662. The van der Waals surface area contributed by atoms with Crippen LogP contribution in [0.25, 0.3) is 6.08 Å². The molecule has 0 aliphatic heterocycles. The molecule has 0 aromatic heterocycles. The van der Waals surface area contributed by atoms with Crippen molar-refractivity contribution in [3.8, 4) is 17.6 Å². The number of nitrogens with zero attached hydrogens (tertiary/aromatic N) is 1. The first-order chi connectivity index (χ1) is 13.7. The highest BCUT2D eigenvalue weighted by Crippen LogP contribution is 2.32. The van der Waals surface area contributed by atoms with Gasteiger partial charge in [0.25, 0.3) is 0 Å². The van der Waals surface area contributed by atoms with E-state index in [0.29, 0.717) is 12.4 Å². The Bertz CT molecular complexity index is 913. The molecule has 0 aliphatic rings. The number of carbonyl (C=O) groups excluding carboxylic acids is 1. The molecular weight excluding hydrogens is 362 g/mol. The molecule has 0 fully saturated rings. The lowest BCUT2D eigenvalue weighted by Crippen LogP contribution is -2.17. The fraction of sp³-hybridized carbons (Fsp3) is 0.360. The predicted octanol–water partition coefficient (Wildman–Crippen LogP) is 5.98. The molecule has 0 atom stereocenters. The Morgan fingerprint density at radius 3 is 2.41 bits per heavy atom. The molecule has 0 amide bonds. The molecule has 0 N–H and O–H groups in total. The van der Waals surface area contributed by atoms with Crippen molar-refractivity contribution < 1.29 is 14.3 Å². The van der Waals surface area contributed by atoms with E-state index in [4.69, 9.17) is 9.47 Å². The maximum absolute atomic E-state index is 12.6. The number of aryl methyl sites for hydroxylation is 1. The fourth-order valence-corrected chi connectivity index (χ4v) is 2.77. The molecule has 2 aromatic carbocycles. The molecule has 29 heavy (non-hydrogen) atoms. The van der Waals surface area contributed by atoms with Crippen molar-refractivity contribution in [3.05, 3.63) is 64.7 Å². The topological polar surface area (TPSA) is 59.3 Å². The van der Waals surface area contributed by atoms with Gasteiger partial charge < -0.3 is 9.47 Å². The number of unbranched alkanes of at least 4 members (excludes halogenated alkanes) is 1. The lowest BCUT2D eigenvalue weighted by atomic mass is 9.85. The summed E-state index contributed by atoms with van der Waals surface area (Å²) in [7, 11) is 0. The van der Waals surface area contributed by atoms with Gasteiger partial charge in [0.15, 0.2) is 0 Å². The highest BCUT2D eigenvalue weighted by Gasteiger charge is 2.22. The molecule has 0 spiro atoms. The highest BCUT2D eigenvalue weighted by molar-refractivity contribution is 5.99. The van der Waals surface area contributed by atoms with Gasteiger partial charge in [0.1, 0.15) is 23.1 Å². The summed E-state index contributed by atoms with van der Waals surface area (Å²) in [6.07, 6.45) is 3.61. The van der Waals surface area contributed by atoms with Gasteiger partial charge in [-0.15, -0.1) is 0 Å². The smallest absolute Gasteiger partial charge is 0.354 e. The van der Waals surface area contributed by atoms with E-state index in [1.165, 1.54) is 6.08 Å². The minimum absolute atomic E-state index is 0.0508. The van der Waals surface area contributed by atoms with Gasteiger partial charge >= 0.3 is 5.97 Å². The van der Waals surface area contributed by atoms with Gasteiger partial charge in [-0.3, -0.25) is 0 Å². The van der Waals surface area contributed by atoms with Crippen LogP contribution in [-0.2, 0) is 10.2 Å². The Morgan fingerprint density at radius 1 is 1.14 bits per heavy atom. The van der Waals surface area contributed by atoms with Gasteiger partial charge in [-0.1, -0.05) is 63.9 Å². The molecule has 0 radical (unpaired) electrons. The zero-order valence-electron chi connectivity index (χ0n) is 17.9. The molecule has 0 saturated carbocycles. The van der Waals surface area contributed by atoms with Crippen molar-refractivity contribution in [2.75, 3.05) is 6.61 Å². The Morgan fingerprint density at radius 2 is 1.83 bits per heavy atom. The predicted molar refractivity (Wildman–Crippen MR) is 116 cm³/mol. The first-order valence-corrected chi connectivity index (χ1v) is 9.92. The van der Waals surface area contributed by atoms with Crippen molar-refractivity contribution in [2.24, 2.45) is 0 Å². The van der Waals surface area contributed by atoms with Crippen LogP contribution in [-0.4, -0.2) is 12.6 Å². The molecule has 0 unspecified atom stereocenters. The van der Waals surface area contributed by atoms with Crippen molar-refractivity contribution in [1.82, 2.24) is 0 Å². The number of hydrogen-bond donors (Lipinski definition) is 0. The van der Waals surface area contributed by atoms with Crippen LogP contribution in [0.15, 0.2) is 48.0 Å². The molecule has 4 heteroatoms. The molecule has 0 bridgehead atoms. The third-order valence-electron chi connectivity index (χ3n) is 4.44. The van der Waals surface area contributed by atoms with E-state index < -0.39 is 5.97 Å². The van der Waals surface area contributed by atoms with E-state index in [1.807, 2.05) is 49.4 Å². The SMILES string of the molecule is CCCCOc1ccc(/C=C(\C#N)C(=O)Oc2ccc(C)cc2C(C)(C)C)cc1. The third kappa shape index (κ3) is 6.50. The monoisotopic (exact) mass is 391 g/mol. The summed E-state index contributed by atoms with van der Waals surface area (Å²) in [5, 5.41) is 9.46. The number of nitriles is 1. The Kier molecular flexibility index (Phi) is 7.61. The maximum Gasteiger partial charge on any atom is 0.354 e. The number of esters is 1. The fourth-order valence-electron chi connectivity index (χ4n) is 2.77. The van der Waals surface area contributed by atoms with Crippen molar-refractivity contribution in [2.45, 2.75) is 52.9 Å². The Hall–Kier alpha value is -3.06. The van der Waals surface area contributed by atoms with Gasteiger partial charge in [0.2, 0.25) is 0 Å². The van der Waals surface area contributed by atoms with Crippen LogP contribution in [0.1, 0.15) is 57.2 Å². The zero-order chi connectivity index (χ0) is 21.4. The van der Waals surface area contributed by atoms with Crippen LogP contribution in [0, 0.1) is 18.3 Å². The average molecular weight is 392 g/mol. The van der Waals surface area contributed by atoms with E-state index in [1.54, 1.807) is 6.07 Å². The van der Waals surface area contributed by atoms with E-state index in [-0.39, 0.29) is 11.0 Å². The summed E-state index contributed by atoms with van der Waals surface area (Å²) in [5.74, 6) is 0.588. The first kappa shape index (κ1) is 22.2. The Balaban J connectivity index is 2.18. The van der Waals surface area contributed by atoms with Crippen molar-refractivity contribution in [1.29, 1.82) is 5.26 Å². The van der Waals surface area contributed by atoms with E-state index in [2.05, 4.69) is 27.7 Å². The van der Waals surface area contributed by atoms with E-state index in [0.717, 1.165) is 35.3 Å².